The Morgan fingerprint density at radius 3 is 2.75 bits per heavy atom. The van der Waals surface area contributed by atoms with E-state index in [2.05, 4.69) is 35.1 Å². The minimum atomic E-state index is -0.934. The number of H-pyrrole nitrogens is 2. The van der Waals surface area contributed by atoms with E-state index in [1.165, 1.54) is 5.56 Å². The fourth-order valence-corrected chi connectivity index (χ4v) is 4.39. The van der Waals surface area contributed by atoms with Gasteiger partial charge in [-0.25, -0.2) is 4.79 Å². The molecule has 28 heavy (non-hydrogen) atoms. The number of fused-ring (bicyclic) bond motifs is 2. The first-order valence-electron chi connectivity index (χ1n) is 9.52. The number of allylic oxidation sites excluding steroid dienone is 1. The van der Waals surface area contributed by atoms with Gasteiger partial charge in [0.1, 0.15) is 5.69 Å². The number of carboxylic acid groups (broad SMARTS) is 1. The smallest absolute Gasteiger partial charge is 0.352 e. The number of carbonyl (C=O) groups is 1. The lowest BCUT2D eigenvalue weighted by molar-refractivity contribution is 0.0692. The molecule has 4 aromatic rings. The molecule has 1 aliphatic rings. The van der Waals surface area contributed by atoms with E-state index in [9.17, 15) is 9.90 Å². The summed E-state index contributed by atoms with van der Waals surface area (Å²) in [5.41, 5.74) is 8.41. The summed E-state index contributed by atoms with van der Waals surface area (Å²) < 4.78 is 0. The van der Waals surface area contributed by atoms with Gasteiger partial charge in [0.05, 0.1) is 5.69 Å². The number of aromatic amines is 2. The van der Waals surface area contributed by atoms with Crippen molar-refractivity contribution < 1.29 is 9.90 Å². The maximum Gasteiger partial charge on any atom is 0.352 e. The minimum Gasteiger partial charge on any atom is -0.477 e. The van der Waals surface area contributed by atoms with Crippen molar-refractivity contribution in [2.24, 2.45) is 0 Å². The molecular formula is C24H20N2O2. The third-order valence-corrected chi connectivity index (χ3v) is 5.62. The fourth-order valence-electron chi connectivity index (χ4n) is 4.39. The summed E-state index contributed by atoms with van der Waals surface area (Å²) in [6.45, 7) is 2.08. The van der Waals surface area contributed by atoms with Gasteiger partial charge in [-0.15, -0.1) is 0 Å². The van der Waals surface area contributed by atoms with Crippen molar-refractivity contribution in [1.82, 2.24) is 9.97 Å². The molecule has 0 spiro atoms. The summed E-state index contributed by atoms with van der Waals surface area (Å²) in [7, 11) is 0. The van der Waals surface area contributed by atoms with Crippen molar-refractivity contribution in [3.8, 4) is 22.4 Å². The number of benzene rings is 2. The lowest BCUT2D eigenvalue weighted by atomic mass is 9.91. The van der Waals surface area contributed by atoms with E-state index in [-0.39, 0.29) is 5.69 Å². The fraction of sp³-hybridized carbons (Fsp3) is 0.125. The van der Waals surface area contributed by atoms with Gasteiger partial charge >= 0.3 is 5.97 Å². The maximum atomic E-state index is 12.2. The Bertz CT molecular complexity index is 1260. The van der Waals surface area contributed by atoms with Crippen LogP contribution >= 0.6 is 0 Å². The number of carboxylic acids is 1. The summed E-state index contributed by atoms with van der Waals surface area (Å²) in [6.07, 6.45) is 7.79. The molecule has 2 heterocycles. The molecule has 3 N–H and O–H groups in total. The van der Waals surface area contributed by atoms with Gasteiger partial charge < -0.3 is 15.1 Å². The van der Waals surface area contributed by atoms with E-state index < -0.39 is 5.97 Å². The molecule has 0 saturated carbocycles. The molecule has 0 amide bonds. The van der Waals surface area contributed by atoms with Gasteiger partial charge in [0.25, 0.3) is 0 Å². The van der Waals surface area contributed by atoms with E-state index >= 15 is 0 Å². The maximum absolute atomic E-state index is 12.2. The number of rotatable bonds is 4. The van der Waals surface area contributed by atoms with Crippen molar-refractivity contribution in [3.63, 3.8) is 0 Å². The lowest BCUT2D eigenvalue weighted by Gasteiger charge is -2.11. The monoisotopic (exact) mass is 368 g/mol. The highest BCUT2D eigenvalue weighted by Crippen LogP contribution is 2.41. The normalized spacial score (nSPS) is 12.6. The van der Waals surface area contributed by atoms with E-state index in [0.29, 0.717) is 0 Å². The van der Waals surface area contributed by atoms with Crippen molar-refractivity contribution in [1.29, 1.82) is 0 Å². The number of aromatic carboxylic acids is 1. The second kappa shape index (κ2) is 6.27. The van der Waals surface area contributed by atoms with Crippen LogP contribution in [0.15, 0.2) is 54.7 Å². The third-order valence-electron chi connectivity index (χ3n) is 5.62. The summed E-state index contributed by atoms with van der Waals surface area (Å²) in [5.74, 6) is -0.934. The number of hydrogen-bond acceptors (Lipinski definition) is 1. The van der Waals surface area contributed by atoms with Crippen LogP contribution in [0.4, 0.5) is 0 Å². The molecule has 4 nitrogen and oxygen atoms in total. The second-order valence-corrected chi connectivity index (χ2v) is 7.12. The molecular weight excluding hydrogens is 348 g/mol. The molecule has 0 fully saturated rings. The van der Waals surface area contributed by atoms with Gasteiger partial charge in [-0.05, 0) is 47.2 Å². The Kier molecular flexibility index (Phi) is 3.72. The van der Waals surface area contributed by atoms with Gasteiger partial charge in [-0.1, -0.05) is 49.4 Å². The molecule has 5 rings (SSSR count). The molecule has 1 aliphatic carbocycles. The van der Waals surface area contributed by atoms with Crippen molar-refractivity contribution in [2.75, 3.05) is 0 Å². The van der Waals surface area contributed by atoms with Gasteiger partial charge in [0.15, 0.2) is 0 Å². The Balaban J connectivity index is 1.84. The van der Waals surface area contributed by atoms with Crippen LogP contribution in [0.5, 0.6) is 0 Å². The highest BCUT2D eigenvalue weighted by atomic mass is 16.4. The first kappa shape index (κ1) is 16.6. The Morgan fingerprint density at radius 1 is 1.11 bits per heavy atom. The largest absolute Gasteiger partial charge is 0.477 e. The second-order valence-electron chi connectivity index (χ2n) is 7.12. The zero-order valence-electron chi connectivity index (χ0n) is 15.5. The molecule has 0 radical (unpaired) electrons. The Morgan fingerprint density at radius 2 is 1.93 bits per heavy atom. The highest BCUT2D eigenvalue weighted by molar-refractivity contribution is 6.03. The van der Waals surface area contributed by atoms with Crippen LogP contribution < -0.4 is 0 Å². The zero-order valence-corrected chi connectivity index (χ0v) is 15.5. The van der Waals surface area contributed by atoms with Crippen molar-refractivity contribution in [3.05, 3.63) is 77.1 Å². The average molecular weight is 368 g/mol. The van der Waals surface area contributed by atoms with Gasteiger partial charge in [0.2, 0.25) is 0 Å². The number of aromatic nitrogens is 2. The van der Waals surface area contributed by atoms with Crippen LogP contribution in [0.25, 0.3) is 39.4 Å². The lowest BCUT2D eigenvalue weighted by Crippen LogP contribution is -2.00. The first-order valence-corrected chi connectivity index (χ1v) is 9.52. The molecule has 0 aliphatic heterocycles. The standard InChI is InChI=1S/C24H20N2O2/c1-2-15-21(18-9-4-7-14-6-3-8-16(14)18)23(24(27)28)26-22(15)19-10-5-11-20-17(19)12-13-25-20/h3-5,7-13,25-26H,2,6H2,1H3,(H,27,28). The minimum absolute atomic E-state index is 0.257. The molecule has 138 valence electrons. The Labute approximate surface area is 162 Å². The first-order chi connectivity index (χ1) is 13.7. The zero-order chi connectivity index (χ0) is 19.3. The van der Waals surface area contributed by atoms with Crippen LogP contribution in [0.3, 0.4) is 0 Å². The molecule has 4 heteroatoms. The molecule has 0 atom stereocenters. The summed E-state index contributed by atoms with van der Waals surface area (Å²) >= 11 is 0. The van der Waals surface area contributed by atoms with E-state index in [1.54, 1.807) is 0 Å². The van der Waals surface area contributed by atoms with E-state index in [4.69, 9.17) is 0 Å². The molecule has 2 aromatic heterocycles. The molecule has 0 saturated heterocycles. The highest BCUT2D eigenvalue weighted by Gasteiger charge is 2.26. The van der Waals surface area contributed by atoms with Crippen LogP contribution in [0.1, 0.15) is 34.1 Å². The summed E-state index contributed by atoms with van der Waals surface area (Å²) in [4.78, 5) is 18.7. The molecule has 0 bridgehead atoms. The van der Waals surface area contributed by atoms with Gasteiger partial charge in [-0.3, -0.25) is 0 Å². The molecule has 0 unspecified atom stereocenters. The van der Waals surface area contributed by atoms with Crippen LogP contribution in [0, 0.1) is 0 Å². The average Bonchev–Trinajstić information content (AvgIpc) is 3.43. The number of nitrogens with one attached hydrogen (secondary N) is 2. The summed E-state index contributed by atoms with van der Waals surface area (Å²) in [5, 5.41) is 11.1. The predicted molar refractivity (Wildman–Crippen MR) is 113 cm³/mol. The van der Waals surface area contributed by atoms with Crippen molar-refractivity contribution >= 4 is 22.9 Å². The van der Waals surface area contributed by atoms with E-state index in [1.807, 2.05) is 42.6 Å². The van der Waals surface area contributed by atoms with Crippen molar-refractivity contribution in [2.45, 2.75) is 19.8 Å². The van der Waals surface area contributed by atoms with E-state index in [0.717, 1.165) is 57.3 Å². The van der Waals surface area contributed by atoms with Gasteiger partial charge in [0, 0.05) is 28.2 Å². The topological polar surface area (TPSA) is 68.9 Å². The predicted octanol–water partition coefficient (Wildman–Crippen LogP) is 5.66. The quantitative estimate of drug-likeness (QED) is 0.435. The Hall–Kier alpha value is -3.53. The third kappa shape index (κ3) is 2.34. The number of hydrogen-bond donors (Lipinski definition) is 3. The van der Waals surface area contributed by atoms with Crippen LogP contribution in [0.2, 0.25) is 0 Å². The van der Waals surface area contributed by atoms with Crippen LogP contribution in [-0.4, -0.2) is 21.0 Å². The summed E-state index contributed by atoms with van der Waals surface area (Å²) in [6, 6.07) is 14.3. The molecule has 2 aromatic carbocycles. The SMILES string of the molecule is CCc1c(-c2cccc3[nH]ccc23)[nH]c(C(=O)O)c1-c1cccc2c1C=CC2. The van der Waals surface area contributed by atoms with Crippen LogP contribution in [-0.2, 0) is 12.8 Å². The van der Waals surface area contributed by atoms with Gasteiger partial charge in [-0.2, -0.15) is 0 Å².